The first kappa shape index (κ1) is 12.1. The van der Waals surface area contributed by atoms with Crippen LogP contribution in [0.25, 0.3) is 0 Å². The molecule has 0 aromatic heterocycles. The van der Waals surface area contributed by atoms with Gasteiger partial charge in [-0.25, -0.2) is 0 Å². The maximum atomic E-state index is 5.18. The fourth-order valence-electron chi connectivity index (χ4n) is 1.51. The van der Waals surface area contributed by atoms with E-state index in [0.717, 1.165) is 18.7 Å². The Bertz CT molecular complexity index is 284. The lowest BCUT2D eigenvalue weighted by Crippen LogP contribution is -2.23. The summed E-state index contributed by atoms with van der Waals surface area (Å²) in [6.07, 6.45) is 2.28. The summed E-state index contributed by atoms with van der Waals surface area (Å²) in [6.45, 7) is 5.42. The Morgan fingerprint density at radius 1 is 1.33 bits per heavy atom. The highest BCUT2D eigenvalue weighted by Crippen LogP contribution is 2.13. The van der Waals surface area contributed by atoms with Crippen LogP contribution in [0.3, 0.4) is 0 Å². The molecule has 1 aromatic carbocycles. The average Bonchev–Trinajstić information content (AvgIpc) is 2.24. The van der Waals surface area contributed by atoms with Crippen LogP contribution in [0.2, 0.25) is 0 Å². The number of aryl methyl sites for hydroxylation is 1. The highest BCUT2D eigenvalue weighted by Gasteiger charge is 1.96. The molecule has 84 valence electrons. The molecule has 0 saturated heterocycles. The molecule has 0 heterocycles. The summed E-state index contributed by atoms with van der Waals surface area (Å²) in [5.41, 5.74) is 1.35. The van der Waals surface area contributed by atoms with Gasteiger partial charge in [0.25, 0.3) is 0 Å². The fraction of sp³-hybridized carbons (Fsp3) is 0.538. The maximum Gasteiger partial charge on any atom is 0.119 e. The SMILES string of the molecule is COc1cccc(CCCNC(C)C)c1. The first-order chi connectivity index (χ1) is 7.22. The third kappa shape index (κ3) is 4.84. The van der Waals surface area contributed by atoms with E-state index in [1.807, 2.05) is 12.1 Å². The van der Waals surface area contributed by atoms with Crippen molar-refractivity contribution in [2.75, 3.05) is 13.7 Å². The lowest BCUT2D eigenvalue weighted by atomic mass is 10.1. The molecule has 0 radical (unpaired) electrons. The maximum absolute atomic E-state index is 5.18. The van der Waals surface area contributed by atoms with Crippen molar-refractivity contribution in [1.82, 2.24) is 5.32 Å². The van der Waals surface area contributed by atoms with Gasteiger partial charge in [-0.3, -0.25) is 0 Å². The van der Waals surface area contributed by atoms with E-state index in [4.69, 9.17) is 4.74 Å². The molecular formula is C13H21NO. The van der Waals surface area contributed by atoms with Crippen molar-refractivity contribution in [3.05, 3.63) is 29.8 Å². The molecule has 0 fully saturated rings. The van der Waals surface area contributed by atoms with Gasteiger partial charge in [0.2, 0.25) is 0 Å². The molecule has 0 saturated carbocycles. The third-order valence-corrected chi connectivity index (χ3v) is 2.33. The van der Waals surface area contributed by atoms with Crippen molar-refractivity contribution in [1.29, 1.82) is 0 Å². The molecule has 0 unspecified atom stereocenters. The number of nitrogens with one attached hydrogen (secondary N) is 1. The van der Waals surface area contributed by atoms with Crippen LogP contribution >= 0.6 is 0 Å². The first-order valence-corrected chi connectivity index (χ1v) is 5.58. The van der Waals surface area contributed by atoms with Crippen LogP contribution in [0.1, 0.15) is 25.8 Å². The first-order valence-electron chi connectivity index (χ1n) is 5.58. The normalized spacial score (nSPS) is 10.7. The second-order valence-corrected chi connectivity index (χ2v) is 4.06. The van der Waals surface area contributed by atoms with Gasteiger partial charge >= 0.3 is 0 Å². The van der Waals surface area contributed by atoms with Crippen molar-refractivity contribution in [2.45, 2.75) is 32.7 Å². The van der Waals surface area contributed by atoms with Crippen LogP contribution in [0.15, 0.2) is 24.3 Å². The van der Waals surface area contributed by atoms with Gasteiger partial charge in [0, 0.05) is 6.04 Å². The number of methoxy groups -OCH3 is 1. The molecule has 1 N–H and O–H groups in total. The Morgan fingerprint density at radius 2 is 2.13 bits per heavy atom. The fourth-order valence-corrected chi connectivity index (χ4v) is 1.51. The van der Waals surface area contributed by atoms with Gasteiger partial charge in [0.05, 0.1) is 7.11 Å². The Hall–Kier alpha value is -1.02. The third-order valence-electron chi connectivity index (χ3n) is 2.33. The van der Waals surface area contributed by atoms with Gasteiger partial charge in [-0.15, -0.1) is 0 Å². The van der Waals surface area contributed by atoms with Gasteiger partial charge in [0.1, 0.15) is 5.75 Å². The van der Waals surface area contributed by atoms with Crippen LogP contribution in [-0.2, 0) is 6.42 Å². The lowest BCUT2D eigenvalue weighted by Gasteiger charge is -2.08. The Balaban J connectivity index is 2.30. The van der Waals surface area contributed by atoms with Crippen molar-refractivity contribution >= 4 is 0 Å². The van der Waals surface area contributed by atoms with Gasteiger partial charge in [-0.05, 0) is 37.1 Å². The molecule has 2 nitrogen and oxygen atoms in total. The van der Waals surface area contributed by atoms with Crippen molar-refractivity contribution in [3.63, 3.8) is 0 Å². The highest BCUT2D eigenvalue weighted by atomic mass is 16.5. The molecule has 0 amide bonds. The summed E-state index contributed by atoms with van der Waals surface area (Å²) in [5.74, 6) is 0.948. The summed E-state index contributed by atoms with van der Waals surface area (Å²) in [7, 11) is 1.71. The minimum absolute atomic E-state index is 0.579. The standard InChI is InChI=1S/C13H21NO/c1-11(2)14-9-5-7-12-6-4-8-13(10-12)15-3/h4,6,8,10-11,14H,5,7,9H2,1-3H3. The van der Waals surface area contributed by atoms with Gasteiger partial charge in [-0.2, -0.15) is 0 Å². The number of hydrogen-bond acceptors (Lipinski definition) is 2. The molecule has 1 rings (SSSR count). The van der Waals surface area contributed by atoms with Crippen molar-refractivity contribution in [2.24, 2.45) is 0 Å². The molecule has 15 heavy (non-hydrogen) atoms. The minimum Gasteiger partial charge on any atom is -0.497 e. The largest absolute Gasteiger partial charge is 0.497 e. The summed E-state index contributed by atoms with van der Waals surface area (Å²) < 4.78 is 5.18. The second kappa shape index (κ2) is 6.46. The number of rotatable bonds is 6. The number of hydrogen-bond donors (Lipinski definition) is 1. The zero-order valence-electron chi connectivity index (χ0n) is 9.92. The van der Waals surface area contributed by atoms with Crippen molar-refractivity contribution < 1.29 is 4.74 Å². The predicted molar refractivity (Wildman–Crippen MR) is 64.5 cm³/mol. The Labute approximate surface area is 92.6 Å². The molecule has 0 aliphatic rings. The van der Waals surface area contributed by atoms with E-state index in [0.29, 0.717) is 6.04 Å². The molecule has 0 aliphatic heterocycles. The number of benzene rings is 1. The zero-order valence-corrected chi connectivity index (χ0v) is 9.92. The highest BCUT2D eigenvalue weighted by molar-refractivity contribution is 5.28. The van der Waals surface area contributed by atoms with E-state index in [1.165, 1.54) is 12.0 Å². The van der Waals surface area contributed by atoms with E-state index in [9.17, 15) is 0 Å². The monoisotopic (exact) mass is 207 g/mol. The van der Waals surface area contributed by atoms with Crippen LogP contribution in [0.4, 0.5) is 0 Å². The van der Waals surface area contributed by atoms with E-state index in [2.05, 4.69) is 31.3 Å². The Kier molecular flexibility index (Phi) is 5.19. The van der Waals surface area contributed by atoms with Gasteiger partial charge in [0.15, 0.2) is 0 Å². The molecule has 0 spiro atoms. The summed E-state index contributed by atoms with van der Waals surface area (Å²) >= 11 is 0. The van der Waals surface area contributed by atoms with E-state index >= 15 is 0 Å². The topological polar surface area (TPSA) is 21.3 Å². The van der Waals surface area contributed by atoms with E-state index in [-0.39, 0.29) is 0 Å². The van der Waals surface area contributed by atoms with Gasteiger partial charge in [-0.1, -0.05) is 26.0 Å². The van der Waals surface area contributed by atoms with E-state index in [1.54, 1.807) is 7.11 Å². The minimum atomic E-state index is 0.579. The molecule has 0 aliphatic carbocycles. The van der Waals surface area contributed by atoms with E-state index < -0.39 is 0 Å². The van der Waals surface area contributed by atoms with Crippen LogP contribution in [-0.4, -0.2) is 19.7 Å². The molecule has 0 bridgehead atoms. The molecule has 2 heteroatoms. The molecule has 0 atom stereocenters. The molecular weight excluding hydrogens is 186 g/mol. The Morgan fingerprint density at radius 3 is 2.80 bits per heavy atom. The zero-order chi connectivity index (χ0) is 11.1. The smallest absolute Gasteiger partial charge is 0.119 e. The summed E-state index contributed by atoms with van der Waals surface area (Å²) in [6, 6.07) is 8.86. The summed E-state index contributed by atoms with van der Waals surface area (Å²) in [5, 5.41) is 3.41. The van der Waals surface area contributed by atoms with Crippen LogP contribution in [0, 0.1) is 0 Å². The average molecular weight is 207 g/mol. The summed E-state index contributed by atoms with van der Waals surface area (Å²) in [4.78, 5) is 0. The predicted octanol–water partition coefficient (Wildman–Crippen LogP) is 2.63. The van der Waals surface area contributed by atoms with Crippen LogP contribution in [0.5, 0.6) is 5.75 Å². The molecule has 1 aromatic rings. The quantitative estimate of drug-likeness (QED) is 0.724. The van der Waals surface area contributed by atoms with Crippen molar-refractivity contribution in [3.8, 4) is 5.75 Å². The number of ether oxygens (including phenoxy) is 1. The van der Waals surface area contributed by atoms with Crippen LogP contribution < -0.4 is 10.1 Å². The lowest BCUT2D eigenvalue weighted by molar-refractivity contribution is 0.414. The second-order valence-electron chi connectivity index (χ2n) is 4.06. The van der Waals surface area contributed by atoms with Gasteiger partial charge < -0.3 is 10.1 Å².